The summed E-state index contributed by atoms with van der Waals surface area (Å²) in [5.41, 5.74) is 7.90. The summed E-state index contributed by atoms with van der Waals surface area (Å²) in [7, 11) is 2.01. The zero-order valence-electron chi connectivity index (χ0n) is 20.4. The standard InChI is InChI=1S/C29H21BrN6O2/c1-35-25-11-20(30)7-8-24(25)36-15-19(10-17-4-3-9-31-14-17)29(37)22-12-21(13-26(35)28(22)36)38-16-18-5-2-6-23-27(18)33-34-32-23/h2-9,11-15H,10,16H2,1H3,(H,32,33,34). The van der Waals surface area contributed by atoms with Crippen LogP contribution < -0.4 is 15.1 Å². The number of ether oxygens (including phenoxy) is 1. The molecule has 0 amide bonds. The molecule has 0 aliphatic carbocycles. The average molecular weight is 565 g/mol. The minimum absolute atomic E-state index is 0.0145. The van der Waals surface area contributed by atoms with Crippen LogP contribution in [0.2, 0.25) is 0 Å². The second-order valence-electron chi connectivity index (χ2n) is 9.32. The second kappa shape index (κ2) is 8.81. The number of para-hydroxylation sites is 1. The van der Waals surface area contributed by atoms with Gasteiger partial charge in [0.05, 0.1) is 28.0 Å². The molecule has 6 aromatic rings. The number of nitrogens with zero attached hydrogens (tertiary/aromatic N) is 5. The fraction of sp³-hybridized carbons (Fsp3) is 0.103. The van der Waals surface area contributed by atoms with E-state index in [4.69, 9.17) is 4.74 Å². The Balaban J connectivity index is 1.40. The van der Waals surface area contributed by atoms with Gasteiger partial charge in [0.2, 0.25) is 0 Å². The minimum Gasteiger partial charge on any atom is -0.489 e. The quantitative estimate of drug-likeness (QED) is 0.290. The SMILES string of the molecule is CN1c2cc(Br)ccc2-n2cc(Cc3cccnc3)c(=O)c3cc(OCc4cccc5n[nH]nc45)cc1c32. The van der Waals surface area contributed by atoms with Crippen LogP contribution in [0, 0.1) is 0 Å². The number of hydrogen-bond donors (Lipinski definition) is 1. The molecule has 3 aromatic carbocycles. The maximum absolute atomic E-state index is 13.9. The molecular formula is C29H21BrN6O2. The molecule has 0 atom stereocenters. The zero-order chi connectivity index (χ0) is 25.8. The van der Waals surface area contributed by atoms with E-state index in [1.807, 2.05) is 61.8 Å². The van der Waals surface area contributed by atoms with E-state index in [-0.39, 0.29) is 5.43 Å². The number of pyridine rings is 2. The van der Waals surface area contributed by atoms with Gasteiger partial charge in [-0.2, -0.15) is 15.4 Å². The fourth-order valence-electron chi connectivity index (χ4n) is 5.15. The van der Waals surface area contributed by atoms with E-state index in [1.54, 1.807) is 12.4 Å². The van der Waals surface area contributed by atoms with Crippen molar-refractivity contribution in [2.24, 2.45) is 0 Å². The second-order valence-corrected chi connectivity index (χ2v) is 10.2. The highest BCUT2D eigenvalue weighted by Gasteiger charge is 2.25. The van der Waals surface area contributed by atoms with Gasteiger partial charge in [-0.3, -0.25) is 9.78 Å². The van der Waals surface area contributed by atoms with Crippen LogP contribution in [0.4, 0.5) is 11.4 Å². The first-order valence-corrected chi connectivity index (χ1v) is 12.9. The molecule has 0 fully saturated rings. The van der Waals surface area contributed by atoms with Crippen molar-refractivity contribution in [1.82, 2.24) is 25.0 Å². The molecule has 1 aliphatic rings. The summed E-state index contributed by atoms with van der Waals surface area (Å²) in [4.78, 5) is 20.2. The first-order valence-electron chi connectivity index (χ1n) is 12.1. The van der Waals surface area contributed by atoms with Crippen molar-refractivity contribution in [2.75, 3.05) is 11.9 Å². The van der Waals surface area contributed by atoms with Crippen molar-refractivity contribution in [3.8, 4) is 11.4 Å². The summed E-state index contributed by atoms with van der Waals surface area (Å²) in [5.74, 6) is 0.612. The summed E-state index contributed by atoms with van der Waals surface area (Å²) in [6, 6.07) is 19.7. The normalized spacial score (nSPS) is 12.2. The van der Waals surface area contributed by atoms with Crippen molar-refractivity contribution < 1.29 is 4.74 Å². The van der Waals surface area contributed by atoms with E-state index >= 15 is 0 Å². The Morgan fingerprint density at radius 2 is 1.89 bits per heavy atom. The lowest BCUT2D eigenvalue weighted by molar-refractivity contribution is 0.308. The van der Waals surface area contributed by atoms with Crippen LogP contribution in [0.5, 0.6) is 5.75 Å². The van der Waals surface area contributed by atoms with Crippen LogP contribution in [0.25, 0.3) is 27.6 Å². The van der Waals surface area contributed by atoms with Crippen LogP contribution in [0.1, 0.15) is 16.7 Å². The van der Waals surface area contributed by atoms with Crippen LogP contribution in [-0.2, 0) is 13.0 Å². The lowest BCUT2D eigenvalue weighted by Gasteiger charge is -2.32. The molecule has 186 valence electrons. The van der Waals surface area contributed by atoms with E-state index in [0.717, 1.165) is 49.2 Å². The number of hydrogen-bond acceptors (Lipinski definition) is 6. The highest BCUT2D eigenvalue weighted by molar-refractivity contribution is 9.10. The molecule has 38 heavy (non-hydrogen) atoms. The molecule has 7 rings (SSSR count). The highest BCUT2D eigenvalue weighted by Crippen LogP contribution is 2.43. The molecule has 8 nitrogen and oxygen atoms in total. The number of fused-ring (bicyclic) bond motifs is 3. The van der Waals surface area contributed by atoms with E-state index in [9.17, 15) is 4.79 Å². The average Bonchev–Trinajstić information content (AvgIpc) is 3.43. The number of aromatic amines is 1. The topological polar surface area (TPSA) is 88.9 Å². The Morgan fingerprint density at radius 3 is 2.76 bits per heavy atom. The van der Waals surface area contributed by atoms with Crippen LogP contribution in [0.15, 0.2) is 88.5 Å². The third kappa shape index (κ3) is 3.66. The third-order valence-corrected chi connectivity index (χ3v) is 7.48. The summed E-state index contributed by atoms with van der Waals surface area (Å²) < 4.78 is 9.39. The van der Waals surface area contributed by atoms with Gasteiger partial charge in [-0.15, -0.1) is 0 Å². The van der Waals surface area contributed by atoms with Gasteiger partial charge in [0.25, 0.3) is 0 Å². The van der Waals surface area contributed by atoms with Gasteiger partial charge in [0.1, 0.15) is 23.4 Å². The number of nitrogens with one attached hydrogen (secondary N) is 1. The Labute approximate surface area is 225 Å². The lowest BCUT2D eigenvalue weighted by atomic mass is 10.0. The lowest BCUT2D eigenvalue weighted by Crippen LogP contribution is -2.23. The van der Waals surface area contributed by atoms with Crippen molar-refractivity contribution >= 4 is 49.2 Å². The predicted molar refractivity (Wildman–Crippen MR) is 151 cm³/mol. The van der Waals surface area contributed by atoms with E-state index in [2.05, 4.69) is 57.9 Å². The van der Waals surface area contributed by atoms with Crippen LogP contribution in [0.3, 0.4) is 0 Å². The smallest absolute Gasteiger partial charge is 0.193 e. The van der Waals surface area contributed by atoms with Crippen molar-refractivity contribution in [2.45, 2.75) is 13.0 Å². The van der Waals surface area contributed by atoms with E-state index < -0.39 is 0 Å². The third-order valence-electron chi connectivity index (χ3n) is 6.99. The van der Waals surface area contributed by atoms with Gasteiger partial charge in [0.15, 0.2) is 5.43 Å². The molecule has 0 unspecified atom stereocenters. The molecule has 1 aliphatic heterocycles. The number of halogens is 1. The van der Waals surface area contributed by atoms with Gasteiger partial charge >= 0.3 is 0 Å². The van der Waals surface area contributed by atoms with Gasteiger partial charge < -0.3 is 14.2 Å². The van der Waals surface area contributed by atoms with E-state index in [0.29, 0.717) is 29.7 Å². The summed E-state index contributed by atoms with van der Waals surface area (Å²) in [6.45, 7) is 0.296. The first-order chi connectivity index (χ1) is 18.6. The van der Waals surface area contributed by atoms with Crippen molar-refractivity contribution in [3.63, 3.8) is 0 Å². The molecule has 3 aromatic heterocycles. The molecular weight excluding hydrogens is 544 g/mol. The first kappa shape index (κ1) is 22.7. The molecule has 0 spiro atoms. The largest absolute Gasteiger partial charge is 0.489 e. The summed E-state index contributed by atoms with van der Waals surface area (Å²) in [5, 5.41) is 11.7. The summed E-state index contributed by atoms with van der Waals surface area (Å²) >= 11 is 3.62. The maximum atomic E-state index is 13.9. The van der Waals surface area contributed by atoms with Gasteiger partial charge in [-0.1, -0.05) is 34.1 Å². The molecule has 0 saturated carbocycles. The molecule has 0 saturated heterocycles. The molecule has 4 heterocycles. The highest BCUT2D eigenvalue weighted by atomic mass is 79.9. The number of aromatic nitrogens is 5. The number of rotatable bonds is 5. The molecule has 0 bridgehead atoms. The van der Waals surface area contributed by atoms with Crippen molar-refractivity contribution in [1.29, 1.82) is 0 Å². The van der Waals surface area contributed by atoms with E-state index in [1.165, 1.54) is 0 Å². The maximum Gasteiger partial charge on any atom is 0.193 e. The summed E-state index contributed by atoms with van der Waals surface area (Å²) in [6.07, 6.45) is 5.99. The minimum atomic E-state index is -0.0145. The Morgan fingerprint density at radius 1 is 0.974 bits per heavy atom. The predicted octanol–water partition coefficient (Wildman–Crippen LogP) is 5.67. The Kier molecular flexibility index (Phi) is 5.26. The molecule has 9 heteroatoms. The van der Waals surface area contributed by atoms with Crippen LogP contribution >= 0.6 is 15.9 Å². The number of H-pyrrole nitrogens is 1. The Hall–Kier alpha value is -4.50. The van der Waals surface area contributed by atoms with Gasteiger partial charge in [-0.05, 0) is 42.0 Å². The van der Waals surface area contributed by atoms with Gasteiger partial charge in [0, 0.05) is 53.7 Å². The number of benzene rings is 3. The van der Waals surface area contributed by atoms with Crippen molar-refractivity contribution in [3.05, 3.63) is 111 Å². The van der Waals surface area contributed by atoms with Gasteiger partial charge in [-0.25, -0.2) is 0 Å². The molecule has 1 N–H and O–H groups in total. The number of anilines is 2. The monoisotopic (exact) mass is 564 g/mol. The van der Waals surface area contributed by atoms with Crippen LogP contribution in [-0.4, -0.2) is 32.0 Å². The Bertz CT molecular complexity index is 1910. The fourth-order valence-corrected chi connectivity index (χ4v) is 5.50. The zero-order valence-corrected chi connectivity index (χ0v) is 21.9. The molecule has 0 radical (unpaired) electrons.